The lowest BCUT2D eigenvalue weighted by atomic mass is 10.1. The predicted molar refractivity (Wildman–Crippen MR) is 103 cm³/mol. The van der Waals surface area contributed by atoms with Gasteiger partial charge in [0.05, 0.1) is 36.3 Å². The first kappa shape index (κ1) is 20.3. The highest BCUT2D eigenvalue weighted by atomic mass is 32.2. The molecule has 1 atom stereocenters. The van der Waals surface area contributed by atoms with E-state index in [-0.39, 0.29) is 12.0 Å². The summed E-state index contributed by atoms with van der Waals surface area (Å²) in [6.45, 7) is 0.747. The second kappa shape index (κ2) is 7.09. The summed E-state index contributed by atoms with van der Waals surface area (Å²) in [5.41, 5.74) is 5.25. The van der Waals surface area contributed by atoms with Crippen LogP contribution in [-0.2, 0) is 20.9 Å². The number of halogens is 3. The molecule has 0 amide bonds. The number of nitrogen functional groups attached to an aromatic ring is 1. The summed E-state index contributed by atoms with van der Waals surface area (Å²) in [6, 6.07) is 4.61. The van der Waals surface area contributed by atoms with Crippen molar-refractivity contribution in [3.8, 4) is 0 Å². The molecule has 3 heterocycles. The molecule has 3 aromatic rings. The number of anilines is 3. The summed E-state index contributed by atoms with van der Waals surface area (Å²) in [6.07, 6.45) is -1.07. The van der Waals surface area contributed by atoms with E-state index in [0.29, 0.717) is 42.4 Å². The van der Waals surface area contributed by atoms with Crippen LogP contribution in [0.15, 0.2) is 30.6 Å². The number of hydrogen-bond acceptors (Lipinski definition) is 8. The molecule has 13 heteroatoms. The van der Waals surface area contributed by atoms with Crippen LogP contribution < -0.4 is 10.6 Å². The van der Waals surface area contributed by atoms with Crippen molar-refractivity contribution >= 4 is 38.4 Å². The molecule has 0 unspecified atom stereocenters. The molecule has 0 saturated carbocycles. The van der Waals surface area contributed by atoms with Gasteiger partial charge >= 0.3 is 6.18 Å². The molecule has 1 aliphatic rings. The van der Waals surface area contributed by atoms with Gasteiger partial charge in [-0.2, -0.15) is 27.3 Å². The highest BCUT2D eigenvalue weighted by Crippen LogP contribution is 2.37. The van der Waals surface area contributed by atoms with Crippen LogP contribution in [0, 0.1) is 0 Å². The van der Waals surface area contributed by atoms with Crippen molar-refractivity contribution in [2.45, 2.75) is 18.6 Å². The minimum absolute atomic E-state index is 0.0457. The number of nitrogens with zero attached hydrogens (tertiary/aromatic N) is 5. The molecule has 2 N–H and O–H groups in total. The van der Waals surface area contributed by atoms with Gasteiger partial charge in [-0.25, -0.2) is 13.4 Å². The maximum Gasteiger partial charge on any atom is 0.421 e. The van der Waals surface area contributed by atoms with Crippen molar-refractivity contribution in [3.63, 3.8) is 0 Å². The number of rotatable bonds is 4. The Hall–Kier alpha value is -2.93. The number of ether oxygens (including phenoxy) is 1. The lowest BCUT2D eigenvalue weighted by Gasteiger charge is -2.29. The Labute approximate surface area is 169 Å². The Morgan fingerprint density at radius 1 is 1.30 bits per heavy atom. The number of hydrogen-bond donors (Lipinski definition) is 1. The van der Waals surface area contributed by atoms with Crippen LogP contribution in [0.3, 0.4) is 0 Å². The molecule has 160 valence electrons. The fourth-order valence-corrected chi connectivity index (χ4v) is 4.14. The monoisotopic (exact) mass is 442 g/mol. The number of alkyl halides is 3. The maximum absolute atomic E-state index is 13.1. The van der Waals surface area contributed by atoms with Crippen molar-refractivity contribution in [3.05, 3.63) is 36.2 Å². The van der Waals surface area contributed by atoms with Crippen LogP contribution in [-0.4, -0.2) is 53.1 Å². The molecule has 0 bridgehead atoms. The molecule has 1 aliphatic heterocycles. The Morgan fingerprint density at radius 2 is 2.07 bits per heavy atom. The number of benzene rings is 1. The SMILES string of the molecule is CS(=O)(=O)n1ncc2c(N(c3ncc(C(F)(F)F)c(N)n3)[C@@H]3CCOC3)cccc21. The first-order valence-electron chi connectivity index (χ1n) is 8.81. The minimum Gasteiger partial charge on any atom is -0.383 e. The van der Waals surface area contributed by atoms with Crippen LogP contribution >= 0.6 is 0 Å². The summed E-state index contributed by atoms with van der Waals surface area (Å²) >= 11 is 0. The van der Waals surface area contributed by atoms with E-state index in [1.807, 2.05) is 0 Å². The smallest absolute Gasteiger partial charge is 0.383 e. The van der Waals surface area contributed by atoms with Gasteiger partial charge in [0, 0.05) is 18.2 Å². The number of nitrogens with two attached hydrogens (primary N) is 1. The van der Waals surface area contributed by atoms with E-state index in [0.717, 1.165) is 10.3 Å². The Bertz CT molecular complexity index is 1210. The first-order chi connectivity index (χ1) is 14.1. The van der Waals surface area contributed by atoms with E-state index in [1.54, 1.807) is 23.1 Å². The highest BCUT2D eigenvalue weighted by Gasteiger charge is 2.36. The van der Waals surface area contributed by atoms with Gasteiger partial charge in [-0.3, -0.25) is 0 Å². The molecule has 4 rings (SSSR count). The van der Waals surface area contributed by atoms with E-state index < -0.39 is 27.6 Å². The molecule has 0 spiro atoms. The standard InChI is InChI=1S/C17H17F3N6O3S/c1-30(27,28)26-14-4-2-3-13(11(14)7-23-26)25(10-5-6-29-9-10)16-22-8-12(15(21)24-16)17(18,19)20/h2-4,7-8,10H,5-6,9H2,1H3,(H2,21,22,24)/t10-/m1/s1. The van der Waals surface area contributed by atoms with Crippen LogP contribution in [0.5, 0.6) is 0 Å². The van der Waals surface area contributed by atoms with Gasteiger partial charge in [0.2, 0.25) is 5.95 Å². The van der Waals surface area contributed by atoms with Gasteiger partial charge in [0.1, 0.15) is 11.4 Å². The molecule has 2 aromatic heterocycles. The van der Waals surface area contributed by atoms with Crippen LogP contribution in [0.2, 0.25) is 0 Å². The van der Waals surface area contributed by atoms with Crippen molar-refractivity contribution in [2.24, 2.45) is 0 Å². The molecule has 1 aromatic carbocycles. The van der Waals surface area contributed by atoms with Crippen LogP contribution in [0.25, 0.3) is 10.9 Å². The average molecular weight is 442 g/mol. The zero-order chi connectivity index (χ0) is 21.7. The normalized spacial score (nSPS) is 17.5. The van der Waals surface area contributed by atoms with Gasteiger partial charge in [-0.15, -0.1) is 0 Å². The molecule has 1 saturated heterocycles. The Morgan fingerprint density at radius 3 is 2.67 bits per heavy atom. The van der Waals surface area contributed by atoms with Gasteiger partial charge in [0.25, 0.3) is 10.0 Å². The maximum atomic E-state index is 13.1. The average Bonchev–Trinajstić information content (AvgIpc) is 3.30. The second-order valence-corrected chi connectivity index (χ2v) is 8.63. The molecule has 0 radical (unpaired) electrons. The quantitative estimate of drug-likeness (QED) is 0.654. The van der Waals surface area contributed by atoms with Crippen LogP contribution in [0.1, 0.15) is 12.0 Å². The lowest BCUT2D eigenvalue weighted by molar-refractivity contribution is -0.137. The zero-order valence-corrected chi connectivity index (χ0v) is 16.5. The summed E-state index contributed by atoms with van der Waals surface area (Å²) in [7, 11) is -3.65. The fraction of sp³-hybridized carbons (Fsp3) is 0.353. The summed E-state index contributed by atoms with van der Waals surface area (Å²) in [4.78, 5) is 9.41. The van der Waals surface area contributed by atoms with E-state index in [2.05, 4.69) is 15.1 Å². The van der Waals surface area contributed by atoms with E-state index in [4.69, 9.17) is 10.5 Å². The van der Waals surface area contributed by atoms with E-state index in [1.165, 1.54) is 6.20 Å². The Kier molecular flexibility index (Phi) is 4.81. The summed E-state index contributed by atoms with van der Waals surface area (Å²) in [5, 5.41) is 4.42. The highest BCUT2D eigenvalue weighted by molar-refractivity contribution is 7.89. The number of fused-ring (bicyclic) bond motifs is 1. The molecule has 0 aliphatic carbocycles. The summed E-state index contributed by atoms with van der Waals surface area (Å²) in [5.74, 6) is -0.744. The predicted octanol–water partition coefficient (Wildman–Crippen LogP) is 2.16. The zero-order valence-electron chi connectivity index (χ0n) is 15.7. The second-order valence-electron chi connectivity index (χ2n) is 6.81. The van der Waals surface area contributed by atoms with Crippen LogP contribution in [0.4, 0.5) is 30.6 Å². The molecular weight excluding hydrogens is 425 g/mol. The van der Waals surface area contributed by atoms with Gasteiger partial charge in [-0.05, 0) is 18.6 Å². The Balaban J connectivity index is 1.90. The third-order valence-electron chi connectivity index (χ3n) is 4.73. The molecule has 30 heavy (non-hydrogen) atoms. The van der Waals surface area contributed by atoms with Crippen molar-refractivity contribution in [1.82, 2.24) is 19.2 Å². The third-order valence-corrected chi connectivity index (χ3v) is 5.65. The van der Waals surface area contributed by atoms with E-state index in [9.17, 15) is 21.6 Å². The van der Waals surface area contributed by atoms with Gasteiger partial charge in [-0.1, -0.05) is 6.07 Å². The summed E-state index contributed by atoms with van der Waals surface area (Å²) < 4.78 is 69.5. The topological polar surface area (TPSA) is 116 Å². The molecule has 9 nitrogen and oxygen atoms in total. The third kappa shape index (κ3) is 3.54. The van der Waals surface area contributed by atoms with Crippen molar-refractivity contribution < 1.29 is 26.3 Å². The van der Waals surface area contributed by atoms with Gasteiger partial charge in [0.15, 0.2) is 0 Å². The lowest BCUT2D eigenvalue weighted by Crippen LogP contribution is -2.33. The minimum atomic E-state index is -4.68. The van der Waals surface area contributed by atoms with Crippen molar-refractivity contribution in [2.75, 3.05) is 30.1 Å². The first-order valence-corrected chi connectivity index (χ1v) is 10.7. The van der Waals surface area contributed by atoms with E-state index >= 15 is 0 Å². The number of aromatic nitrogens is 4. The largest absolute Gasteiger partial charge is 0.421 e. The van der Waals surface area contributed by atoms with Gasteiger partial charge < -0.3 is 15.4 Å². The fourth-order valence-electron chi connectivity index (χ4n) is 3.40. The molecular formula is C17H17F3N6O3S. The van der Waals surface area contributed by atoms with Crippen molar-refractivity contribution in [1.29, 1.82) is 0 Å². The molecule has 1 fully saturated rings.